The molecular weight excluding hydrogens is 352 g/mol. The van der Waals surface area contributed by atoms with E-state index < -0.39 is 0 Å². The van der Waals surface area contributed by atoms with Crippen LogP contribution in [0.1, 0.15) is 41.2 Å². The number of ketones is 1. The summed E-state index contributed by atoms with van der Waals surface area (Å²) in [5, 5.41) is 3.38. The van der Waals surface area contributed by atoms with Gasteiger partial charge in [-0.2, -0.15) is 0 Å². The smallest absolute Gasteiger partial charge is 0.176 e. The second-order valence-electron chi connectivity index (χ2n) is 7.15. The van der Waals surface area contributed by atoms with Gasteiger partial charge < -0.3 is 14.8 Å². The summed E-state index contributed by atoms with van der Waals surface area (Å²) in [5.41, 5.74) is 1.93. The molecule has 0 aliphatic carbocycles. The van der Waals surface area contributed by atoms with Crippen molar-refractivity contribution in [3.8, 4) is 11.5 Å². The van der Waals surface area contributed by atoms with Crippen molar-refractivity contribution in [3.05, 3.63) is 59.7 Å². The topological polar surface area (TPSA) is 50.8 Å². The van der Waals surface area contributed by atoms with Crippen molar-refractivity contribution in [3.63, 3.8) is 0 Å². The fourth-order valence-electron chi connectivity index (χ4n) is 3.80. The Morgan fingerprint density at radius 3 is 2.39 bits per heavy atom. The summed E-state index contributed by atoms with van der Waals surface area (Å²) in [6, 6.07) is 15.7. The van der Waals surface area contributed by atoms with Gasteiger partial charge in [0.1, 0.15) is 0 Å². The number of nitrogens with one attached hydrogen (secondary N) is 1. The van der Waals surface area contributed by atoms with Crippen LogP contribution < -0.4 is 14.8 Å². The maximum atomic E-state index is 12.4. The van der Waals surface area contributed by atoms with Crippen molar-refractivity contribution in [2.75, 3.05) is 40.4 Å². The number of hydrogen-bond acceptors (Lipinski definition) is 5. The molecule has 0 saturated carbocycles. The average molecular weight is 383 g/mol. The fourth-order valence-corrected chi connectivity index (χ4v) is 3.80. The van der Waals surface area contributed by atoms with Gasteiger partial charge in [0, 0.05) is 18.2 Å². The molecule has 3 rings (SSSR count). The van der Waals surface area contributed by atoms with Crippen LogP contribution in [-0.4, -0.2) is 51.1 Å². The summed E-state index contributed by atoms with van der Waals surface area (Å²) >= 11 is 0. The van der Waals surface area contributed by atoms with Crippen LogP contribution in [0, 0.1) is 0 Å². The molecular formula is C23H30N2O3. The molecule has 0 amide bonds. The SMILES string of the molecule is COc1ccc(C(CNCC(=O)c2ccccc2)N2CCCCC2)cc1OC. The van der Waals surface area contributed by atoms with Crippen molar-refractivity contribution < 1.29 is 14.3 Å². The Morgan fingerprint density at radius 1 is 1.00 bits per heavy atom. The van der Waals surface area contributed by atoms with E-state index in [4.69, 9.17) is 9.47 Å². The van der Waals surface area contributed by atoms with Gasteiger partial charge in [0.05, 0.1) is 20.8 Å². The number of nitrogens with zero attached hydrogens (tertiary/aromatic N) is 1. The van der Waals surface area contributed by atoms with E-state index in [1.807, 2.05) is 36.4 Å². The van der Waals surface area contributed by atoms with Gasteiger partial charge in [0.2, 0.25) is 0 Å². The van der Waals surface area contributed by atoms with E-state index in [1.165, 1.54) is 24.8 Å². The Kier molecular flexibility index (Phi) is 7.46. The van der Waals surface area contributed by atoms with Gasteiger partial charge in [-0.3, -0.25) is 9.69 Å². The summed E-state index contributed by atoms with van der Waals surface area (Å²) in [6.45, 7) is 3.20. The molecule has 0 spiro atoms. The van der Waals surface area contributed by atoms with E-state index in [1.54, 1.807) is 14.2 Å². The number of benzene rings is 2. The maximum absolute atomic E-state index is 12.4. The highest BCUT2D eigenvalue weighted by Gasteiger charge is 2.23. The Bertz CT molecular complexity index is 758. The zero-order valence-corrected chi connectivity index (χ0v) is 16.8. The number of rotatable bonds is 9. The Labute approximate surface area is 167 Å². The highest BCUT2D eigenvalue weighted by atomic mass is 16.5. The van der Waals surface area contributed by atoms with Gasteiger partial charge in [-0.1, -0.05) is 42.8 Å². The molecule has 1 unspecified atom stereocenters. The molecule has 1 heterocycles. The molecule has 1 N–H and O–H groups in total. The predicted molar refractivity (Wildman–Crippen MR) is 111 cm³/mol. The lowest BCUT2D eigenvalue weighted by Gasteiger charge is -2.35. The van der Waals surface area contributed by atoms with Crippen molar-refractivity contribution >= 4 is 5.78 Å². The lowest BCUT2D eigenvalue weighted by Crippen LogP contribution is -2.40. The minimum absolute atomic E-state index is 0.116. The molecule has 5 nitrogen and oxygen atoms in total. The van der Waals surface area contributed by atoms with E-state index in [2.05, 4.69) is 22.3 Å². The van der Waals surface area contributed by atoms with Crippen LogP contribution in [0.5, 0.6) is 11.5 Å². The molecule has 1 atom stereocenters. The fraction of sp³-hybridized carbons (Fsp3) is 0.435. The van der Waals surface area contributed by atoms with Gasteiger partial charge >= 0.3 is 0 Å². The van der Waals surface area contributed by atoms with Crippen LogP contribution >= 0.6 is 0 Å². The lowest BCUT2D eigenvalue weighted by molar-refractivity contribution is 0.0983. The first kappa shape index (κ1) is 20.4. The summed E-state index contributed by atoms with van der Waals surface area (Å²) in [7, 11) is 3.31. The van der Waals surface area contributed by atoms with Crippen LogP contribution in [0.3, 0.4) is 0 Å². The zero-order chi connectivity index (χ0) is 19.8. The van der Waals surface area contributed by atoms with E-state index >= 15 is 0 Å². The van der Waals surface area contributed by atoms with Gasteiger partial charge in [-0.25, -0.2) is 0 Å². The van der Waals surface area contributed by atoms with Crippen molar-refractivity contribution in [2.24, 2.45) is 0 Å². The molecule has 2 aromatic rings. The molecule has 28 heavy (non-hydrogen) atoms. The Morgan fingerprint density at radius 2 is 1.71 bits per heavy atom. The summed E-state index contributed by atoms with van der Waals surface area (Å²) < 4.78 is 10.9. The van der Waals surface area contributed by atoms with Gasteiger partial charge in [-0.05, 0) is 43.6 Å². The number of methoxy groups -OCH3 is 2. The largest absolute Gasteiger partial charge is 0.493 e. The third-order valence-electron chi connectivity index (χ3n) is 5.34. The molecule has 0 aromatic heterocycles. The van der Waals surface area contributed by atoms with Crippen LogP contribution in [0.2, 0.25) is 0 Å². The molecule has 1 aliphatic heterocycles. The van der Waals surface area contributed by atoms with Crippen LogP contribution in [0.15, 0.2) is 48.5 Å². The molecule has 0 bridgehead atoms. The van der Waals surface area contributed by atoms with Gasteiger partial charge in [-0.15, -0.1) is 0 Å². The highest BCUT2D eigenvalue weighted by molar-refractivity contribution is 5.97. The second kappa shape index (κ2) is 10.2. The number of carbonyl (C=O) groups excluding carboxylic acids is 1. The third kappa shape index (κ3) is 5.12. The first-order valence-corrected chi connectivity index (χ1v) is 9.98. The van der Waals surface area contributed by atoms with E-state index in [-0.39, 0.29) is 11.8 Å². The molecule has 1 saturated heterocycles. The monoisotopic (exact) mass is 382 g/mol. The number of ether oxygens (including phenoxy) is 2. The Hall–Kier alpha value is -2.37. The molecule has 2 aromatic carbocycles. The van der Waals surface area contributed by atoms with Gasteiger partial charge in [0.25, 0.3) is 0 Å². The quantitative estimate of drug-likeness (QED) is 0.670. The van der Waals surface area contributed by atoms with Crippen molar-refractivity contribution in [2.45, 2.75) is 25.3 Å². The number of likely N-dealkylation sites (tertiary alicyclic amines) is 1. The molecule has 5 heteroatoms. The summed E-state index contributed by atoms with van der Waals surface area (Å²) in [6.07, 6.45) is 3.72. The van der Waals surface area contributed by atoms with Crippen LogP contribution in [-0.2, 0) is 0 Å². The first-order valence-electron chi connectivity index (χ1n) is 9.98. The molecule has 0 radical (unpaired) electrons. The third-order valence-corrected chi connectivity index (χ3v) is 5.34. The van der Waals surface area contributed by atoms with Crippen LogP contribution in [0.4, 0.5) is 0 Å². The number of hydrogen-bond donors (Lipinski definition) is 1. The molecule has 1 fully saturated rings. The molecule has 1 aliphatic rings. The Balaban J connectivity index is 1.71. The first-order chi connectivity index (χ1) is 13.7. The van der Waals surface area contributed by atoms with Crippen molar-refractivity contribution in [1.29, 1.82) is 0 Å². The minimum atomic E-state index is 0.116. The second-order valence-corrected chi connectivity index (χ2v) is 7.15. The minimum Gasteiger partial charge on any atom is -0.493 e. The maximum Gasteiger partial charge on any atom is 0.176 e. The molecule has 150 valence electrons. The normalized spacial score (nSPS) is 15.8. The van der Waals surface area contributed by atoms with E-state index in [9.17, 15) is 4.79 Å². The van der Waals surface area contributed by atoms with E-state index in [0.717, 1.165) is 30.2 Å². The van der Waals surface area contributed by atoms with E-state index in [0.29, 0.717) is 13.1 Å². The average Bonchev–Trinajstić information content (AvgIpc) is 2.77. The summed E-state index contributed by atoms with van der Waals surface area (Å²) in [5.74, 6) is 1.59. The number of carbonyl (C=O) groups is 1. The predicted octanol–water partition coefficient (Wildman–Crippen LogP) is 3.70. The highest BCUT2D eigenvalue weighted by Crippen LogP contribution is 2.32. The lowest BCUT2D eigenvalue weighted by atomic mass is 10.0. The van der Waals surface area contributed by atoms with Gasteiger partial charge in [0.15, 0.2) is 17.3 Å². The van der Waals surface area contributed by atoms with Crippen molar-refractivity contribution in [1.82, 2.24) is 10.2 Å². The zero-order valence-electron chi connectivity index (χ0n) is 16.8. The standard InChI is InChI=1S/C23H30N2O3/c1-27-22-12-11-19(15-23(22)28-2)20(25-13-7-4-8-14-25)16-24-17-21(26)18-9-5-3-6-10-18/h3,5-6,9-12,15,20,24H,4,7-8,13-14,16-17H2,1-2H3. The number of piperidine rings is 1. The number of Topliss-reactive ketones (excluding diaryl/α,β-unsaturated/α-hetero) is 1. The summed E-state index contributed by atoms with van der Waals surface area (Å²) in [4.78, 5) is 14.9. The van der Waals surface area contributed by atoms with Crippen LogP contribution in [0.25, 0.3) is 0 Å².